The largest absolute Gasteiger partial charge is 0.465 e. The topological polar surface area (TPSA) is 77.8 Å². The molecule has 0 unspecified atom stereocenters. The predicted octanol–water partition coefficient (Wildman–Crippen LogP) is 4.01. The van der Waals surface area contributed by atoms with Gasteiger partial charge in [0.1, 0.15) is 5.58 Å². The number of rotatable bonds is 6. The molecule has 0 spiro atoms. The molecule has 0 radical (unpaired) electrons. The maximum atomic E-state index is 12.7. The van der Waals surface area contributed by atoms with Gasteiger partial charge in [0.2, 0.25) is 0 Å². The van der Waals surface area contributed by atoms with E-state index in [4.69, 9.17) is 13.9 Å². The Labute approximate surface area is 150 Å². The van der Waals surface area contributed by atoms with Crippen LogP contribution in [-0.2, 0) is 16.1 Å². The Balaban J connectivity index is 1.91. The third-order valence-electron chi connectivity index (χ3n) is 3.90. The van der Waals surface area contributed by atoms with Crippen molar-refractivity contribution < 1.29 is 23.5 Å². The van der Waals surface area contributed by atoms with Crippen LogP contribution < -0.4 is 5.32 Å². The molecule has 6 nitrogen and oxygen atoms in total. The lowest BCUT2D eigenvalue weighted by Gasteiger charge is -2.07. The highest BCUT2D eigenvalue weighted by atomic mass is 16.5. The highest BCUT2D eigenvalue weighted by Crippen LogP contribution is 2.27. The molecule has 6 heteroatoms. The first kappa shape index (κ1) is 17.7. The fourth-order valence-corrected chi connectivity index (χ4v) is 2.66. The smallest absolute Gasteiger partial charge is 0.337 e. The molecule has 3 aromatic rings. The second-order valence-corrected chi connectivity index (χ2v) is 5.57. The Morgan fingerprint density at radius 2 is 1.92 bits per heavy atom. The second kappa shape index (κ2) is 7.84. The van der Waals surface area contributed by atoms with Crippen molar-refractivity contribution in [2.75, 3.05) is 19.0 Å². The van der Waals surface area contributed by atoms with E-state index in [-0.39, 0.29) is 12.4 Å². The highest BCUT2D eigenvalue weighted by Gasteiger charge is 2.21. The molecule has 1 heterocycles. The monoisotopic (exact) mass is 353 g/mol. The highest BCUT2D eigenvalue weighted by molar-refractivity contribution is 6.07. The summed E-state index contributed by atoms with van der Waals surface area (Å²) in [6.07, 6.45) is 0. The van der Waals surface area contributed by atoms with Crippen LogP contribution >= 0.6 is 0 Å². The molecule has 0 bridgehead atoms. The van der Waals surface area contributed by atoms with Crippen molar-refractivity contribution in [3.05, 3.63) is 65.4 Å². The van der Waals surface area contributed by atoms with E-state index in [0.717, 1.165) is 5.39 Å². The molecule has 0 atom stereocenters. The summed E-state index contributed by atoms with van der Waals surface area (Å²) in [4.78, 5) is 24.4. The summed E-state index contributed by atoms with van der Waals surface area (Å²) in [7, 11) is 1.31. The van der Waals surface area contributed by atoms with Crippen LogP contribution in [0, 0.1) is 0 Å². The number of carbonyl (C=O) groups excluding carboxylic acids is 2. The molecule has 0 aliphatic carbocycles. The van der Waals surface area contributed by atoms with Crippen LogP contribution in [0.4, 0.5) is 5.69 Å². The number of nitrogens with one attached hydrogen (secondary N) is 1. The molecule has 0 saturated heterocycles. The van der Waals surface area contributed by atoms with Gasteiger partial charge in [-0.15, -0.1) is 0 Å². The van der Waals surface area contributed by atoms with Gasteiger partial charge in [-0.25, -0.2) is 4.79 Å². The normalized spacial score (nSPS) is 10.7. The lowest BCUT2D eigenvalue weighted by atomic mass is 10.1. The summed E-state index contributed by atoms with van der Waals surface area (Å²) >= 11 is 0. The maximum Gasteiger partial charge on any atom is 0.337 e. The third-order valence-corrected chi connectivity index (χ3v) is 3.90. The average molecular weight is 353 g/mol. The van der Waals surface area contributed by atoms with Crippen molar-refractivity contribution in [1.29, 1.82) is 0 Å². The maximum absolute atomic E-state index is 12.7. The van der Waals surface area contributed by atoms with Gasteiger partial charge in [-0.3, -0.25) is 4.79 Å². The summed E-state index contributed by atoms with van der Waals surface area (Å²) < 4.78 is 15.9. The van der Waals surface area contributed by atoms with Gasteiger partial charge in [0.15, 0.2) is 5.76 Å². The summed E-state index contributed by atoms with van der Waals surface area (Å²) in [6.45, 7) is 2.69. The number of fused-ring (bicyclic) bond motifs is 1. The van der Waals surface area contributed by atoms with E-state index in [0.29, 0.717) is 29.0 Å². The van der Waals surface area contributed by atoms with Crippen molar-refractivity contribution in [3.8, 4) is 0 Å². The molecule has 1 N–H and O–H groups in total. The Morgan fingerprint density at radius 1 is 1.12 bits per heavy atom. The average Bonchev–Trinajstić information content (AvgIpc) is 3.04. The number of carbonyl (C=O) groups is 2. The van der Waals surface area contributed by atoms with Gasteiger partial charge in [-0.05, 0) is 31.2 Å². The summed E-state index contributed by atoms with van der Waals surface area (Å²) in [5, 5.41) is 3.60. The van der Waals surface area contributed by atoms with E-state index in [9.17, 15) is 9.59 Å². The van der Waals surface area contributed by atoms with Gasteiger partial charge in [-0.1, -0.05) is 24.3 Å². The molecule has 0 aliphatic rings. The SMILES string of the molecule is CCOCc1c(C(=O)Nc2cccc(C(=O)OC)c2)oc2ccccc12. The number of methoxy groups -OCH3 is 1. The fraction of sp³-hybridized carbons (Fsp3) is 0.200. The number of para-hydroxylation sites is 1. The van der Waals surface area contributed by atoms with Gasteiger partial charge in [-0.2, -0.15) is 0 Å². The Morgan fingerprint density at radius 3 is 2.69 bits per heavy atom. The molecule has 3 rings (SSSR count). The van der Waals surface area contributed by atoms with Crippen LogP contribution in [0.1, 0.15) is 33.4 Å². The third kappa shape index (κ3) is 3.60. The second-order valence-electron chi connectivity index (χ2n) is 5.57. The van der Waals surface area contributed by atoms with E-state index in [1.54, 1.807) is 30.3 Å². The van der Waals surface area contributed by atoms with E-state index in [1.807, 2.05) is 25.1 Å². The molecule has 0 saturated carbocycles. The molecular weight excluding hydrogens is 334 g/mol. The summed E-state index contributed by atoms with van der Waals surface area (Å²) in [6, 6.07) is 13.9. The minimum Gasteiger partial charge on any atom is -0.465 e. The molecule has 1 aromatic heterocycles. The summed E-state index contributed by atoms with van der Waals surface area (Å²) in [5.74, 6) is -0.678. The molecule has 0 aliphatic heterocycles. The lowest BCUT2D eigenvalue weighted by Crippen LogP contribution is -2.14. The first-order valence-corrected chi connectivity index (χ1v) is 8.22. The predicted molar refractivity (Wildman–Crippen MR) is 97.3 cm³/mol. The van der Waals surface area contributed by atoms with Crippen LogP contribution in [0.25, 0.3) is 11.0 Å². The van der Waals surface area contributed by atoms with E-state index >= 15 is 0 Å². The number of anilines is 1. The van der Waals surface area contributed by atoms with E-state index < -0.39 is 11.9 Å². The molecule has 26 heavy (non-hydrogen) atoms. The van der Waals surface area contributed by atoms with Gasteiger partial charge in [0, 0.05) is 23.2 Å². The number of hydrogen-bond donors (Lipinski definition) is 1. The van der Waals surface area contributed by atoms with Gasteiger partial charge in [0.05, 0.1) is 19.3 Å². The Hall–Kier alpha value is -3.12. The van der Waals surface area contributed by atoms with Crippen molar-refractivity contribution in [2.45, 2.75) is 13.5 Å². The quantitative estimate of drug-likeness (QED) is 0.678. The zero-order valence-electron chi connectivity index (χ0n) is 14.6. The molecule has 2 aromatic carbocycles. The zero-order valence-corrected chi connectivity index (χ0v) is 14.6. The first-order valence-electron chi connectivity index (χ1n) is 8.22. The van der Waals surface area contributed by atoms with Gasteiger partial charge in [0.25, 0.3) is 5.91 Å². The van der Waals surface area contributed by atoms with Crippen molar-refractivity contribution >= 4 is 28.5 Å². The van der Waals surface area contributed by atoms with Crippen molar-refractivity contribution in [2.24, 2.45) is 0 Å². The minimum absolute atomic E-state index is 0.197. The molecule has 134 valence electrons. The first-order chi connectivity index (χ1) is 12.6. The number of esters is 1. The standard InChI is InChI=1S/C20H19NO5/c1-3-25-12-16-15-9-4-5-10-17(15)26-18(16)19(22)21-14-8-6-7-13(11-14)20(23)24-2/h4-11H,3,12H2,1-2H3,(H,21,22). The summed E-state index contributed by atoms with van der Waals surface area (Å²) in [5.41, 5.74) is 2.14. The van der Waals surface area contributed by atoms with Crippen LogP contribution in [0.3, 0.4) is 0 Å². The van der Waals surface area contributed by atoms with Crippen LogP contribution in [0.2, 0.25) is 0 Å². The number of amides is 1. The number of ether oxygens (including phenoxy) is 2. The fourth-order valence-electron chi connectivity index (χ4n) is 2.66. The minimum atomic E-state index is -0.470. The van der Waals surface area contributed by atoms with E-state index in [2.05, 4.69) is 5.32 Å². The van der Waals surface area contributed by atoms with Crippen LogP contribution in [0.5, 0.6) is 0 Å². The Bertz CT molecular complexity index is 944. The lowest BCUT2D eigenvalue weighted by molar-refractivity contribution is 0.0600. The Kier molecular flexibility index (Phi) is 5.34. The molecule has 1 amide bonds. The zero-order chi connectivity index (χ0) is 18.5. The molecular formula is C20H19NO5. The van der Waals surface area contributed by atoms with Gasteiger partial charge >= 0.3 is 5.97 Å². The van der Waals surface area contributed by atoms with Crippen LogP contribution in [0.15, 0.2) is 52.9 Å². The van der Waals surface area contributed by atoms with Gasteiger partial charge < -0.3 is 19.2 Å². The number of benzene rings is 2. The van der Waals surface area contributed by atoms with E-state index in [1.165, 1.54) is 7.11 Å². The van der Waals surface area contributed by atoms with Crippen molar-refractivity contribution in [3.63, 3.8) is 0 Å². The number of hydrogen-bond acceptors (Lipinski definition) is 5. The number of furan rings is 1. The van der Waals surface area contributed by atoms with Crippen molar-refractivity contribution in [1.82, 2.24) is 0 Å². The molecule has 0 fully saturated rings. The van der Waals surface area contributed by atoms with Crippen LogP contribution in [-0.4, -0.2) is 25.6 Å².